The van der Waals surface area contributed by atoms with E-state index in [1.165, 1.54) is 20.0 Å². The van der Waals surface area contributed by atoms with E-state index in [9.17, 15) is 4.79 Å². The van der Waals surface area contributed by atoms with Gasteiger partial charge in [0.05, 0.1) is 7.11 Å². The van der Waals surface area contributed by atoms with Gasteiger partial charge in [0, 0.05) is 6.61 Å². The standard InChI is InChI=1S/C8H14O3/c1-10-8(9)6-11-5-4-7-2-3-7/h7H,2-6H2,1H3. The number of methoxy groups -OCH3 is 1. The SMILES string of the molecule is COC(=O)COCCC1CC1. The summed E-state index contributed by atoms with van der Waals surface area (Å²) in [5, 5.41) is 0. The molecule has 0 atom stereocenters. The maximum atomic E-state index is 10.5. The van der Waals surface area contributed by atoms with Crippen LogP contribution in [0.15, 0.2) is 0 Å². The third-order valence-electron chi connectivity index (χ3n) is 1.81. The molecule has 3 nitrogen and oxygen atoms in total. The molecule has 11 heavy (non-hydrogen) atoms. The molecule has 0 aromatic rings. The third-order valence-corrected chi connectivity index (χ3v) is 1.81. The summed E-state index contributed by atoms with van der Waals surface area (Å²) in [5.74, 6) is 0.577. The van der Waals surface area contributed by atoms with Crippen LogP contribution in [0.2, 0.25) is 0 Å². The van der Waals surface area contributed by atoms with E-state index in [1.807, 2.05) is 0 Å². The molecule has 0 radical (unpaired) electrons. The molecule has 0 aliphatic heterocycles. The molecule has 0 aromatic heterocycles. The lowest BCUT2D eigenvalue weighted by Crippen LogP contribution is -2.10. The Kier molecular flexibility index (Phi) is 3.36. The maximum absolute atomic E-state index is 10.5. The fourth-order valence-electron chi connectivity index (χ4n) is 0.871. The summed E-state index contributed by atoms with van der Waals surface area (Å²) < 4.78 is 9.47. The van der Waals surface area contributed by atoms with Crippen LogP contribution >= 0.6 is 0 Å². The Balaban J connectivity index is 1.82. The molecule has 1 aliphatic carbocycles. The Morgan fingerprint density at radius 2 is 2.27 bits per heavy atom. The Morgan fingerprint density at radius 3 is 2.82 bits per heavy atom. The maximum Gasteiger partial charge on any atom is 0.331 e. The summed E-state index contributed by atoms with van der Waals surface area (Å²) in [5.41, 5.74) is 0. The molecule has 0 bridgehead atoms. The highest BCUT2D eigenvalue weighted by molar-refractivity contribution is 5.70. The third kappa shape index (κ3) is 3.98. The summed E-state index contributed by atoms with van der Waals surface area (Å²) in [7, 11) is 1.37. The predicted octanol–water partition coefficient (Wildman–Crippen LogP) is 0.976. The summed E-state index contributed by atoms with van der Waals surface area (Å²) in [6, 6.07) is 0. The van der Waals surface area contributed by atoms with Crippen LogP contribution in [0, 0.1) is 5.92 Å². The Labute approximate surface area is 66.7 Å². The zero-order valence-corrected chi connectivity index (χ0v) is 6.84. The first-order valence-electron chi connectivity index (χ1n) is 3.97. The highest BCUT2D eigenvalue weighted by Gasteiger charge is 2.20. The van der Waals surface area contributed by atoms with Crippen molar-refractivity contribution in [1.82, 2.24) is 0 Å². The molecule has 3 heteroatoms. The Hall–Kier alpha value is -0.570. The van der Waals surface area contributed by atoms with Crippen LogP contribution in [0.1, 0.15) is 19.3 Å². The van der Waals surface area contributed by atoms with Gasteiger partial charge < -0.3 is 9.47 Å². The van der Waals surface area contributed by atoms with Crippen LogP contribution in [0.5, 0.6) is 0 Å². The van der Waals surface area contributed by atoms with E-state index in [0.29, 0.717) is 6.61 Å². The van der Waals surface area contributed by atoms with Gasteiger partial charge in [-0.2, -0.15) is 0 Å². The predicted molar refractivity (Wildman–Crippen MR) is 40.2 cm³/mol. The molecule has 0 saturated heterocycles. The smallest absolute Gasteiger partial charge is 0.331 e. The first-order valence-corrected chi connectivity index (χ1v) is 3.97. The van der Waals surface area contributed by atoms with Crippen LogP contribution in [-0.4, -0.2) is 26.3 Å². The molecule has 0 N–H and O–H groups in total. The molecule has 1 rings (SSSR count). The molecule has 64 valence electrons. The van der Waals surface area contributed by atoms with Crippen molar-refractivity contribution in [2.24, 2.45) is 5.92 Å². The number of carbonyl (C=O) groups is 1. The zero-order chi connectivity index (χ0) is 8.10. The lowest BCUT2D eigenvalue weighted by atomic mass is 10.3. The van der Waals surface area contributed by atoms with Crippen molar-refractivity contribution in [2.75, 3.05) is 20.3 Å². The highest BCUT2D eigenvalue weighted by Crippen LogP contribution is 2.31. The van der Waals surface area contributed by atoms with E-state index in [4.69, 9.17) is 4.74 Å². The van der Waals surface area contributed by atoms with Gasteiger partial charge >= 0.3 is 5.97 Å². The largest absolute Gasteiger partial charge is 0.467 e. The second kappa shape index (κ2) is 4.34. The number of hydrogen-bond donors (Lipinski definition) is 0. The van der Waals surface area contributed by atoms with Gasteiger partial charge in [0.1, 0.15) is 6.61 Å². The zero-order valence-electron chi connectivity index (χ0n) is 6.84. The molecule has 0 unspecified atom stereocenters. The number of hydrogen-bond acceptors (Lipinski definition) is 3. The summed E-state index contributed by atoms with van der Waals surface area (Å²) in [4.78, 5) is 10.5. The van der Waals surface area contributed by atoms with Gasteiger partial charge in [-0.3, -0.25) is 0 Å². The quantitative estimate of drug-likeness (QED) is 0.442. The molecular weight excluding hydrogens is 144 g/mol. The van der Waals surface area contributed by atoms with Gasteiger partial charge in [-0.25, -0.2) is 4.79 Å². The average Bonchev–Trinajstić information content (AvgIpc) is 2.81. The molecule has 1 saturated carbocycles. The van der Waals surface area contributed by atoms with Crippen LogP contribution in [0.25, 0.3) is 0 Å². The minimum atomic E-state index is -0.291. The normalized spacial score (nSPS) is 16.5. The van der Waals surface area contributed by atoms with E-state index in [1.54, 1.807) is 0 Å². The first kappa shape index (κ1) is 8.53. The molecule has 0 heterocycles. The molecule has 0 amide bonds. The van der Waals surface area contributed by atoms with Gasteiger partial charge in [0.25, 0.3) is 0 Å². The van der Waals surface area contributed by atoms with Gasteiger partial charge in [0.2, 0.25) is 0 Å². The van der Waals surface area contributed by atoms with Crippen molar-refractivity contribution in [3.8, 4) is 0 Å². The van der Waals surface area contributed by atoms with Crippen molar-refractivity contribution in [2.45, 2.75) is 19.3 Å². The first-order chi connectivity index (χ1) is 5.33. The van der Waals surface area contributed by atoms with Crippen LogP contribution in [-0.2, 0) is 14.3 Å². The van der Waals surface area contributed by atoms with E-state index >= 15 is 0 Å². The highest BCUT2D eigenvalue weighted by atomic mass is 16.6. The average molecular weight is 158 g/mol. The van der Waals surface area contributed by atoms with Crippen LogP contribution in [0.3, 0.4) is 0 Å². The van der Waals surface area contributed by atoms with E-state index in [0.717, 1.165) is 12.3 Å². The fourth-order valence-corrected chi connectivity index (χ4v) is 0.871. The van der Waals surface area contributed by atoms with E-state index < -0.39 is 0 Å². The van der Waals surface area contributed by atoms with Crippen molar-refractivity contribution in [3.05, 3.63) is 0 Å². The van der Waals surface area contributed by atoms with Gasteiger partial charge in [0.15, 0.2) is 0 Å². The van der Waals surface area contributed by atoms with Crippen molar-refractivity contribution in [3.63, 3.8) is 0 Å². The van der Waals surface area contributed by atoms with Gasteiger partial charge in [-0.15, -0.1) is 0 Å². The molecule has 1 aliphatic rings. The van der Waals surface area contributed by atoms with Crippen molar-refractivity contribution in [1.29, 1.82) is 0 Å². The minimum absolute atomic E-state index is 0.100. The molecule has 1 fully saturated rings. The van der Waals surface area contributed by atoms with Crippen LogP contribution < -0.4 is 0 Å². The molecular formula is C8H14O3. The summed E-state index contributed by atoms with van der Waals surface area (Å²) in [6.45, 7) is 0.795. The number of carbonyl (C=O) groups excluding carboxylic acids is 1. The topological polar surface area (TPSA) is 35.5 Å². The van der Waals surface area contributed by atoms with E-state index in [-0.39, 0.29) is 12.6 Å². The number of esters is 1. The second-order valence-electron chi connectivity index (χ2n) is 2.86. The van der Waals surface area contributed by atoms with Gasteiger partial charge in [-0.05, 0) is 12.3 Å². The monoisotopic (exact) mass is 158 g/mol. The molecule has 0 spiro atoms. The lowest BCUT2D eigenvalue weighted by molar-refractivity contribution is -0.145. The Morgan fingerprint density at radius 1 is 1.55 bits per heavy atom. The van der Waals surface area contributed by atoms with Crippen molar-refractivity contribution < 1.29 is 14.3 Å². The second-order valence-corrected chi connectivity index (χ2v) is 2.86. The number of rotatable bonds is 5. The Bertz CT molecular complexity index is 129. The van der Waals surface area contributed by atoms with Crippen molar-refractivity contribution >= 4 is 5.97 Å². The summed E-state index contributed by atoms with van der Waals surface area (Å²) in [6.07, 6.45) is 3.76. The number of ether oxygens (including phenoxy) is 2. The van der Waals surface area contributed by atoms with Gasteiger partial charge in [-0.1, -0.05) is 12.8 Å². The summed E-state index contributed by atoms with van der Waals surface area (Å²) >= 11 is 0. The fraction of sp³-hybridized carbons (Fsp3) is 0.875. The molecule has 0 aromatic carbocycles. The van der Waals surface area contributed by atoms with E-state index in [2.05, 4.69) is 4.74 Å². The lowest BCUT2D eigenvalue weighted by Gasteiger charge is -2.00. The van der Waals surface area contributed by atoms with Crippen LogP contribution in [0.4, 0.5) is 0 Å². The minimum Gasteiger partial charge on any atom is -0.467 e.